The van der Waals surface area contributed by atoms with Crippen molar-refractivity contribution < 1.29 is 9.18 Å². The van der Waals surface area contributed by atoms with Gasteiger partial charge in [0.2, 0.25) is 5.91 Å². The summed E-state index contributed by atoms with van der Waals surface area (Å²) in [6.45, 7) is 2.18. The Morgan fingerprint density at radius 3 is 2.57 bits per heavy atom. The Kier molecular flexibility index (Phi) is 2.62. The van der Waals surface area contributed by atoms with E-state index in [9.17, 15) is 9.18 Å². The zero-order valence-corrected chi connectivity index (χ0v) is 11.5. The van der Waals surface area contributed by atoms with Crippen molar-refractivity contribution in [2.45, 2.75) is 12.0 Å². The van der Waals surface area contributed by atoms with Crippen molar-refractivity contribution in [1.82, 2.24) is 4.90 Å². The molecule has 1 spiro atoms. The van der Waals surface area contributed by atoms with Crippen molar-refractivity contribution in [3.05, 3.63) is 65.5 Å². The molecule has 1 fully saturated rings. The molecule has 0 radical (unpaired) electrons. The molecule has 3 nitrogen and oxygen atoms in total. The Morgan fingerprint density at radius 2 is 1.81 bits per heavy atom. The molecule has 2 aromatic carbocycles. The van der Waals surface area contributed by atoms with Gasteiger partial charge in [-0.25, -0.2) is 4.39 Å². The number of fused-ring (bicyclic) bond motifs is 2. The molecule has 2 aromatic rings. The number of hydrogen-bond acceptors (Lipinski definition) is 2. The Bertz CT molecular complexity index is 705. The van der Waals surface area contributed by atoms with Crippen LogP contribution in [0.3, 0.4) is 0 Å². The average Bonchev–Trinajstić information content (AvgIpc) is 2.74. The molecule has 21 heavy (non-hydrogen) atoms. The summed E-state index contributed by atoms with van der Waals surface area (Å²) in [6.07, 6.45) is 0. The molecule has 106 valence electrons. The predicted octanol–water partition coefficient (Wildman–Crippen LogP) is 2.53. The molecule has 0 aliphatic carbocycles. The second-order valence-electron chi connectivity index (χ2n) is 5.85. The third kappa shape index (κ3) is 1.87. The first-order valence-electron chi connectivity index (χ1n) is 7.05. The third-order valence-corrected chi connectivity index (χ3v) is 4.43. The minimum atomic E-state index is -0.392. The minimum absolute atomic E-state index is 0.0963. The first kappa shape index (κ1) is 12.5. The number of carbonyl (C=O) groups is 1. The Morgan fingerprint density at radius 1 is 1.10 bits per heavy atom. The molecule has 0 saturated carbocycles. The van der Waals surface area contributed by atoms with Gasteiger partial charge in [0.25, 0.3) is 0 Å². The number of nitrogens with one attached hydrogen (secondary N) is 1. The van der Waals surface area contributed by atoms with Gasteiger partial charge in [0.15, 0.2) is 0 Å². The highest BCUT2D eigenvalue weighted by molar-refractivity contribution is 6.07. The summed E-state index contributed by atoms with van der Waals surface area (Å²) in [5.41, 5.74) is 2.71. The fourth-order valence-corrected chi connectivity index (χ4v) is 3.36. The lowest BCUT2D eigenvalue weighted by atomic mass is 9.74. The van der Waals surface area contributed by atoms with Crippen molar-refractivity contribution in [2.24, 2.45) is 0 Å². The number of likely N-dealkylation sites (tertiary alicyclic amines) is 1. The number of halogens is 1. The largest absolute Gasteiger partial charge is 0.325 e. The lowest BCUT2D eigenvalue weighted by molar-refractivity contribution is -0.127. The number of para-hydroxylation sites is 1. The van der Waals surface area contributed by atoms with Crippen LogP contribution in [0.25, 0.3) is 0 Å². The number of carbonyl (C=O) groups excluding carboxylic acids is 1. The monoisotopic (exact) mass is 282 g/mol. The molecule has 2 heterocycles. The molecule has 0 unspecified atom stereocenters. The number of amides is 1. The highest BCUT2D eigenvalue weighted by Gasteiger charge is 2.54. The molecule has 4 heteroatoms. The summed E-state index contributed by atoms with van der Waals surface area (Å²) >= 11 is 0. The third-order valence-electron chi connectivity index (χ3n) is 4.43. The Hall–Kier alpha value is -2.20. The molecule has 2 aliphatic heterocycles. The van der Waals surface area contributed by atoms with E-state index in [0.29, 0.717) is 13.1 Å². The van der Waals surface area contributed by atoms with Gasteiger partial charge >= 0.3 is 0 Å². The van der Waals surface area contributed by atoms with E-state index in [2.05, 4.69) is 10.2 Å². The maximum absolute atomic E-state index is 12.9. The highest BCUT2D eigenvalue weighted by atomic mass is 19.1. The van der Waals surface area contributed by atoms with Gasteiger partial charge in [-0.1, -0.05) is 30.3 Å². The van der Waals surface area contributed by atoms with Gasteiger partial charge in [-0.15, -0.1) is 0 Å². The van der Waals surface area contributed by atoms with Gasteiger partial charge in [-0.2, -0.15) is 0 Å². The first-order chi connectivity index (χ1) is 10.2. The van der Waals surface area contributed by atoms with Crippen molar-refractivity contribution in [3.63, 3.8) is 0 Å². The van der Waals surface area contributed by atoms with Crippen LogP contribution in [0.15, 0.2) is 48.5 Å². The average molecular weight is 282 g/mol. The van der Waals surface area contributed by atoms with Crippen LogP contribution in [-0.4, -0.2) is 23.9 Å². The molecule has 4 rings (SSSR count). The number of rotatable bonds is 2. The van der Waals surface area contributed by atoms with Crippen molar-refractivity contribution >= 4 is 11.6 Å². The maximum atomic E-state index is 12.9. The van der Waals surface area contributed by atoms with Gasteiger partial charge in [0, 0.05) is 25.3 Å². The van der Waals surface area contributed by atoms with E-state index >= 15 is 0 Å². The van der Waals surface area contributed by atoms with Crippen LogP contribution in [-0.2, 0) is 16.8 Å². The second kappa shape index (κ2) is 4.40. The summed E-state index contributed by atoms with van der Waals surface area (Å²) in [7, 11) is 0. The standard InChI is InChI=1S/C17H15FN2O/c18-13-7-5-12(6-8-13)9-20-10-17(11-20)14-3-1-2-4-15(14)19-16(17)21/h1-8H,9-11H2,(H,19,21). The topological polar surface area (TPSA) is 32.3 Å². The molecular weight excluding hydrogens is 267 g/mol. The van der Waals surface area contributed by atoms with E-state index in [1.807, 2.05) is 24.3 Å². The van der Waals surface area contributed by atoms with Gasteiger partial charge in [-0.05, 0) is 29.3 Å². The van der Waals surface area contributed by atoms with Crippen LogP contribution < -0.4 is 5.32 Å². The van der Waals surface area contributed by atoms with Crippen molar-refractivity contribution in [2.75, 3.05) is 18.4 Å². The van der Waals surface area contributed by atoms with Crippen LogP contribution >= 0.6 is 0 Å². The zero-order valence-electron chi connectivity index (χ0n) is 11.5. The van der Waals surface area contributed by atoms with Gasteiger partial charge in [0.05, 0.1) is 0 Å². The lowest BCUT2D eigenvalue weighted by Gasteiger charge is -2.46. The first-order valence-corrected chi connectivity index (χ1v) is 7.05. The number of hydrogen-bond donors (Lipinski definition) is 1. The molecule has 0 atom stereocenters. The number of anilines is 1. The molecule has 0 aromatic heterocycles. The fraction of sp³-hybridized carbons (Fsp3) is 0.235. The van der Waals surface area contributed by atoms with Crippen molar-refractivity contribution in [1.29, 1.82) is 0 Å². The predicted molar refractivity (Wildman–Crippen MR) is 78.4 cm³/mol. The van der Waals surface area contributed by atoms with Gasteiger partial charge < -0.3 is 5.32 Å². The van der Waals surface area contributed by atoms with E-state index in [4.69, 9.17) is 0 Å². The molecular formula is C17H15FN2O. The van der Waals surface area contributed by atoms with Crippen LogP contribution in [0.1, 0.15) is 11.1 Å². The minimum Gasteiger partial charge on any atom is -0.325 e. The summed E-state index contributed by atoms with van der Waals surface area (Å²) in [5, 5.41) is 2.97. The number of nitrogens with zero attached hydrogens (tertiary/aromatic N) is 1. The van der Waals surface area contributed by atoms with Gasteiger partial charge in [-0.3, -0.25) is 9.69 Å². The normalized spacial score (nSPS) is 19.2. The SMILES string of the molecule is O=C1Nc2ccccc2C12CN(Cc1ccc(F)cc1)C2. The highest BCUT2D eigenvalue weighted by Crippen LogP contribution is 2.44. The lowest BCUT2D eigenvalue weighted by Crippen LogP contribution is -2.62. The smallest absolute Gasteiger partial charge is 0.237 e. The van der Waals surface area contributed by atoms with Crippen LogP contribution in [0.2, 0.25) is 0 Å². The zero-order chi connectivity index (χ0) is 14.4. The van der Waals surface area contributed by atoms with E-state index in [1.54, 1.807) is 12.1 Å². The fourth-order valence-electron chi connectivity index (χ4n) is 3.36. The summed E-state index contributed by atoms with van der Waals surface area (Å²) in [5.74, 6) is -0.123. The molecule has 1 saturated heterocycles. The summed E-state index contributed by atoms with van der Waals surface area (Å²) < 4.78 is 12.9. The van der Waals surface area contributed by atoms with E-state index in [-0.39, 0.29) is 11.7 Å². The van der Waals surface area contributed by atoms with Crippen LogP contribution in [0.5, 0.6) is 0 Å². The molecule has 0 bridgehead atoms. The summed E-state index contributed by atoms with van der Waals surface area (Å²) in [4.78, 5) is 14.5. The van der Waals surface area contributed by atoms with Gasteiger partial charge in [0.1, 0.15) is 11.2 Å². The Labute approximate surface area is 122 Å². The Balaban J connectivity index is 1.52. The summed E-state index contributed by atoms with van der Waals surface area (Å²) in [6, 6.07) is 14.4. The van der Waals surface area contributed by atoms with Crippen molar-refractivity contribution in [3.8, 4) is 0 Å². The van der Waals surface area contributed by atoms with E-state index in [1.165, 1.54) is 12.1 Å². The molecule has 1 amide bonds. The van der Waals surface area contributed by atoms with Crippen LogP contribution in [0.4, 0.5) is 10.1 Å². The van der Waals surface area contributed by atoms with Crippen LogP contribution in [0, 0.1) is 5.82 Å². The van der Waals surface area contributed by atoms with E-state index in [0.717, 1.165) is 23.4 Å². The maximum Gasteiger partial charge on any atom is 0.237 e. The van der Waals surface area contributed by atoms with E-state index < -0.39 is 5.41 Å². The quantitative estimate of drug-likeness (QED) is 0.918. The second-order valence-corrected chi connectivity index (χ2v) is 5.85. The molecule has 1 N–H and O–H groups in total. The molecule has 2 aliphatic rings. The number of benzene rings is 2.